The number of piperidine rings is 1. The minimum Gasteiger partial charge on any atom is -0.361 e. The molecule has 2 aromatic heterocycles. The predicted octanol–water partition coefficient (Wildman–Crippen LogP) is 4.03. The van der Waals surface area contributed by atoms with Gasteiger partial charge in [-0.1, -0.05) is 54.6 Å². The van der Waals surface area contributed by atoms with Crippen LogP contribution < -0.4 is 11.1 Å². The van der Waals surface area contributed by atoms with Crippen LogP contribution in [0.4, 0.5) is 0 Å². The van der Waals surface area contributed by atoms with Gasteiger partial charge in [-0.15, -0.1) is 24.8 Å². The third kappa shape index (κ3) is 6.94. The molecule has 0 aliphatic carbocycles. The molecule has 4 heterocycles. The number of halogens is 2. The lowest BCUT2D eigenvalue weighted by Gasteiger charge is -2.40. The van der Waals surface area contributed by atoms with Crippen molar-refractivity contribution in [3.05, 3.63) is 102 Å². The number of aromatic amines is 1. The Labute approximate surface area is 280 Å². The van der Waals surface area contributed by atoms with Gasteiger partial charge in [0.1, 0.15) is 11.5 Å². The second-order valence-electron chi connectivity index (χ2n) is 12.3. The second kappa shape index (κ2) is 14.0. The molecule has 0 spiro atoms. The van der Waals surface area contributed by atoms with Gasteiger partial charge in [-0.25, -0.2) is 5.01 Å². The molecule has 4 aromatic rings. The summed E-state index contributed by atoms with van der Waals surface area (Å²) >= 11 is 0. The van der Waals surface area contributed by atoms with Gasteiger partial charge in [0.25, 0.3) is 5.91 Å². The molecular formula is C34H39Cl2N7O3. The highest BCUT2D eigenvalue weighted by Gasteiger charge is 2.55. The van der Waals surface area contributed by atoms with E-state index in [4.69, 9.17) is 10.8 Å². The van der Waals surface area contributed by atoms with E-state index < -0.39 is 22.9 Å². The number of rotatable bonds is 9. The minimum absolute atomic E-state index is 0. The van der Waals surface area contributed by atoms with Crippen LogP contribution in [0.15, 0.2) is 90.3 Å². The van der Waals surface area contributed by atoms with Crippen LogP contribution in [0.1, 0.15) is 37.1 Å². The van der Waals surface area contributed by atoms with Crippen molar-refractivity contribution in [3.63, 3.8) is 0 Å². The molecule has 0 bridgehead atoms. The molecule has 1 fully saturated rings. The first-order valence-electron chi connectivity index (χ1n) is 14.9. The quantitative estimate of drug-likeness (QED) is 0.248. The summed E-state index contributed by atoms with van der Waals surface area (Å²) in [7, 11) is 0. The topological polar surface area (TPSA) is 137 Å². The van der Waals surface area contributed by atoms with Crippen molar-refractivity contribution >= 4 is 59.2 Å². The number of hydrogen-bond donors (Lipinski definition) is 3. The number of hydrogen-bond acceptors (Lipinski definition) is 6. The molecule has 0 saturated carbocycles. The molecule has 1 saturated heterocycles. The van der Waals surface area contributed by atoms with Crippen molar-refractivity contribution in [2.24, 2.45) is 16.3 Å². The number of nitrogens with one attached hydrogen (secondary N) is 2. The summed E-state index contributed by atoms with van der Waals surface area (Å²) in [4.78, 5) is 51.2. The number of nitrogens with zero attached hydrogens (tertiary/aromatic N) is 4. The van der Waals surface area contributed by atoms with Crippen LogP contribution in [0.25, 0.3) is 10.9 Å². The summed E-state index contributed by atoms with van der Waals surface area (Å²) in [5.74, 6) is -0.842. The third-order valence-electron chi connectivity index (χ3n) is 8.50. The van der Waals surface area contributed by atoms with E-state index in [1.165, 1.54) is 5.01 Å². The summed E-state index contributed by atoms with van der Waals surface area (Å²) in [6, 6.07) is 22.3. The Morgan fingerprint density at radius 1 is 1.04 bits per heavy atom. The summed E-state index contributed by atoms with van der Waals surface area (Å²) in [6.45, 7) is 4.07. The van der Waals surface area contributed by atoms with Crippen molar-refractivity contribution in [2.45, 2.75) is 51.2 Å². The Balaban J connectivity index is 0.00000240. The number of carbonyl (C=O) groups excluding carboxylic acids is 3. The predicted molar refractivity (Wildman–Crippen MR) is 183 cm³/mol. The maximum absolute atomic E-state index is 14.4. The average Bonchev–Trinajstić information content (AvgIpc) is 3.54. The number of likely N-dealkylation sites (tertiary alicyclic amines) is 1. The third-order valence-corrected chi connectivity index (χ3v) is 8.50. The number of para-hydroxylation sites is 1. The number of carbonyl (C=O) groups is 3. The zero-order chi connectivity index (χ0) is 30.9. The van der Waals surface area contributed by atoms with Gasteiger partial charge in [-0.3, -0.25) is 19.4 Å². The molecule has 242 valence electrons. The van der Waals surface area contributed by atoms with Crippen molar-refractivity contribution in [2.75, 3.05) is 13.1 Å². The largest absolute Gasteiger partial charge is 0.361 e. The fourth-order valence-electron chi connectivity index (χ4n) is 6.13. The number of hydrazone groups is 1. The maximum Gasteiger partial charge on any atom is 0.257 e. The molecule has 2 aliphatic rings. The number of nitrogens with two attached hydrogens (primary N) is 1. The molecule has 46 heavy (non-hydrogen) atoms. The van der Waals surface area contributed by atoms with Gasteiger partial charge in [0.15, 0.2) is 0 Å². The molecule has 2 atom stereocenters. The molecule has 2 aliphatic heterocycles. The fourth-order valence-corrected chi connectivity index (χ4v) is 6.13. The van der Waals surface area contributed by atoms with Gasteiger partial charge < -0.3 is 20.9 Å². The van der Waals surface area contributed by atoms with Gasteiger partial charge in [-0.2, -0.15) is 5.10 Å². The molecule has 0 radical (unpaired) electrons. The fraction of sp³-hybridized carbons (Fsp3) is 0.324. The van der Waals surface area contributed by atoms with E-state index >= 15 is 0 Å². The van der Waals surface area contributed by atoms with E-state index in [1.54, 1.807) is 24.9 Å². The molecule has 4 N–H and O–H groups in total. The number of pyridine rings is 1. The van der Waals surface area contributed by atoms with E-state index in [2.05, 4.69) is 15.3 Å². The SMILES string of the molecule is CC(C)(N)C(=O)N[C@H](Cc1c[nH]c2ccccc12)C(=O)N1CCC2=NN(Cc3ccccc3)C(=O)C2(Cc2ccccn2)C1.Cl.Cl. The zero-order valence-corrected chi connectivity index (χ0v) is 27.4. The molecule has 1 unspecified atom stereocenters. The van der Waals surface area contributed by atoms with E-state index in [-0.39, 0.29) is 49.6 Å². The first-order chi connectivity index (χ1) is 21.1. The lowest BCUT2D eigenvalue weighted by Crippen LogP contribution is -2.61. The van der Waals surface area contributed by atoms with E-state index in [9.17, 15) is 14.4 Å². The van der Waals surface area contributed by atoms with Crippen molar-refractivity contribution in [3.8, 4) is 0 Å². The van der Waals surface area contributed by atoms with Crippen LogP contribution in [-0.4, -0.2) is 68.0 Å². The van der Waals surface area contributed by atoms with Crippen LogP contribution in [0.5, 0.6) is 0 Å². The van der Waals surface area contributed by atoms with E-state index in [0.717, 1.165) is 33.4 Å². The Kier molecular flexibility index (Phi) is 10.6. The Morgan fingerprint density at radius 3 is 2.48 bits per heavy atom. The molecule has 6 rings (SSSR count). The first-order valence-corrected chi connectivity index (χ1v) is 14.9. The lowest BCUT2D eigenvalue weighted by atomic mass is 9.74. The number of benzene rings is 2. The van der Waals surface area contributed by atoms with Crippen LogP contribution in [0.2, 0.25) is 0 Å². The highest BCUT2D eigenvalue weighted by atomic mass is 35.5. The molecular weight excluding hydrogens is 625 g/mol. The van der Waals surface area contributed by atoms with Gasteiger partial charge >= 0.3 is 0 Å². The number of fused-ring (bicyclic) bond motifs is 2. The summed E-state index contributed by atoms with van der Waals surface area (Å²) in [5.41, 5.74) is 8.22. The van der Waals surface area contributed by atoms with Crippen molar-refractivity contribution in [1.82, 2.24) is 25.2 Å². The van der Waals surface area contributed by atoms with Crippen molar-refractivity contribution < 1.29 is 14.4 Å². The standard InChI is InChI=1S/C34H37N7O3.2ClH/c1-33(2,35)31(43)38-28(18-24-20-37-27-14-7-6-13-26(24)27)30(42)40-17-15-29-34(22-40,19-25-12-8-9-16-36-25)32(44)41(39-29)21-23-10-4-3-5-11-23;;/h3-14,16,20,28,37H,15,17-19,21-22,35H2,1-2H3,(H,38,43);2*1H/t28-,34?;;/m1../s1. The number of aromatic nitrogens is 2. The highest BCUT2D eigenvalue weighted by molar-refractivity contribution is 6.13. The summed E-state index contributed by atoms with van der Waals surface area (Å²) in [6.07, 6.45) is 4.60. The van der Waals surface area contributed by atoms with Gasteiger partial charge in [-0.05, 0) is 43.2 Å². The first kappa shape index (κ1) is 34.6. The van der Waals surface area contributed by atoms with E-state index in [0.29, 0.717) is 25.9 Å². The lowest BCUT2D eigenvalue weighted by molar-refractivity contribution is -0.143. The Hall–Kier alpha value is -4.25. The normalized spacial score (nSPS) is 18.2. The second-order valence-corrected chi connectivity index (χ2v) is 12.3. The van der Waals surface area contributed by atoms with Crippen LogP contribution >= 0.6 is 24.8 Å². The van der Waals surface area contributed by atoms with Crippen LogP contribution in [0, 0.1) is 5.41 Å². The molecule has 10 nitrogen and oxygen atoms in total. The molecule has 12 heteroatoms. The van der Waals surface area contributed by atoms with Gasteiger partial charge in [0.2, 0.25) is 11.8 Å². The Morgan fingerprint density at radius 2 is 1.76 bits per heavy atom. The maximum atomic E-state index is 14.4. The zero-order valence-electron chi connectivity index (χ0n) is 25.8. The van der Waals surface area contributed by atoms with Crippen LogP contribution in [-0.2, 0) is 33.8 Å². The van der Waals surface area contributed by atoms with E-state index in [1.807, 2.05) is 79.0 Å². The minimum atomic E-state index is -1.18. The average molecular weight is 665 g/mol. The molecule has 2 aromatic carbocycles. The molecule has 3 amide bonds. The summed E-state index contributed by atoms with van der Waals surface area (Å²) in [5, 5.41) is 10.2. The Bertz CT molecular complexity index is 1720. The monoisotopic (exact) mass is 663 g/mol. The number of amides is 3. The van der Waals surface area contributed by atoms with Crippen LogP contribution in [0.3, 0.4) is 0 Å². The smallest absolute Gasteiger partial charge is 0.257 e. The highest BCUT2D eigenvalue weighted by Crippen LogP contribution is 2.39. The van der Waals surface area contributed by atoms with Crippen molar-refractivity contribution in [1.29, 1.82) is 0 Å². The van der Waals surface area contributed by atoms with Gasteiger partial charge in [0, 0.05) is 61.3 Å². The number of H-pyrrole nitrogens is 1. The summed E-state index contributed by atoms with van der Waals surface area (Å²) < 4.78 is 0. The van der Waals surface area contributed by atoms with Gasteiger partial charge in [0.05, 0.1) is 17.8 Å².